The van der Waals surface area contributed by atoms with Gasteiger partial charge in [-0.1, -0.05) is 0 Å². The topological polar surface area (TPSA) is 22.6 Å². The molecule has 0 bridgehead atoms. The molecule has 0 spiro atoms. The number of alkyl halides is 1. The number of pyridine rings is 1. The van der Waals surface area contributed by atoms with E-state index in [-0.39, 0.29) is 0 Å². The van der Waals surface area contributed by atoms with E-state index in [1.165, 1.54) is 0 Å². The Kier molecular flexibility index (Phi) is 5.64. The van der Waals surface area contributed by atoms with E-state index in [1.54, 1.807) is 0 Å². The van der Waals surface area contributed by atoms with E-state index in [0.717, 1.165) is 56.3 Å². The van der Waals surface area contributed by atoms with E-state index in [4.69, 9.17) is 11.6 Å². The fourth-order valence-corrected chi connectivity index (χ4v) is 2.66. The van der Waals surface area contributed by atoms with Crippen molar-refractivity contribution < 1.29 is 0 Å². The second-order valence-electron chi connectivity index (χ2n) is 5.74. The first-order valence-electron chi connectivity index (χ1n) is 7.24. The Bertz CT molecular complexity index is 428. The smallest absolute Gasteiger partial charge is 0.129 e. The molecular weight excluding hydrogens is 272 g/mol. The van der Waals surface area contributed by atoms with Gasteiger partial charge < -0.3 is 9.80 Å². The minimum Gasteiger partial charge on any atom is -0.354 e. The molecule has 1 aromatic rings. The maximum atomic E-state index is 5.94. The number of hydrogen-bond donors (Lipinski definition) is 0. The molecule has 0 radical (unpaired) electrons. The van der Waals surface area contributed by atoms with Gasteiger partial charge >= 0.3 is 0 Å². The molecule has 112 valence electrons. The highest BCUT2D eigenvalue weighted by Crippen LogP contribution is 2.18. The van der Waals surface area contributed by atoms with Crippen molar-refractivity contribution in [2.24, 2.45) is 0 Å². The van der Waals surface area contributed by atoms with Crippen LogP contribution in [-0.4, -0.2) is 68.1 Å². The molecule has 1 saturated heterocycles. The fourth-order valence-electron chi connectivity index (χ4n) is 2.50. The summed E-state index contributed by atoms with van der Waals surface area (Å²) in [5.41, 5.74) is 2.21. The Morgan fingerprint density at radius 2 is 1.90 bits per heavy atom. The normalized spacial score (nSPS) is 16.9. The molecule has 0 N–H and O–H groups in total. The number of piperazine rings is 1. The van der Waals surface area contributed by atoms with Gasteiger partial charge in [0.1, 0.15) is 5.82 Å². The van der Waals surface area contributed by atoms with E-state index in [9.17, 15) is 0 Å². The van der Waals surface area contributed by atoms with Crippen LogP contribution in [0.15, 0.2) is 12.1 Å². The van der Waals surface area contributed by atoms with Gasteiger partial charge in [0.05, 0.1) is 0 Å². The van der Waals surface area contributed by atoms with Crippen molar-refractivity contribution in [2.45, 2.75) is 12.8 Å². The van der Waals surface area contributed by atoms with Gasteiger partial charge in [0.2, 0.25) is 0 Å². The lowest BCUT2D eigenvalue weighted by molar-refractivity contribution is 0.229. The largest absolute Gasteiger partial charge is 0.354 e. The van der Waals surface area contributed by atoms with Gasteiger partial charge in [0.15, 0.2) is 0 Å². The number of aryl methyl sites for hydroxylation is 1. The van der Waals surface area contributed by atoms with Crippen molar-refractivity contribution in [3.05, 3.63) is 23.4 Å². The predicted octanol–water partition coefficient (Wildman–Crippen LogP) is 1.81. The third-order valence-corrected chi connectivity index (χ3v) is 4.02. The molecule has 20 heavy (non-hydrogen) atoms. The molecule has 4 nitrogen and oxygen atoms in total. The van der Waals surface area contributed by atoms with Crippen LogP contribution in [0, 0.1) is 6.92 Å². The summed E-state index contributed by atoms with van der Waals surface area (Å²) < 4.78 is 0. The van der Waals surface area contributed by atoms with Crippen LogP contribution in [0.1, 0.15) is 11.3 Å². The SMILES string of the molecule is Cc1cc(CCl)cc(N2CCN(CCN(C)C)CC2)n1. The van der Waals surface area contributed by atoms with Crippen LogP contribution in [0.25, 0.3) is 0 Å². The molecule has 0 atom stereocenters. The monoisotopic (exact) mass is 296 g/mol. The van der Waals surface area contributed by atoms with Crippen LogP contribution in [0.3, 0.4) is 0 Å². The molecule has 5 heteroatoms. The Morgan fingerprint density at radius 1 is 1.20 bits per heavy atom. The zero-order chi connectivity index (χ0) is 14.5. The van der Waals surface area contributed by atoms with Crippen LogP contribution >= 0.6 is 11.6 Å². The average molecular weight is 297 g/mol. The van der Waals surface area contributed by atoms with Gasteiger partial charge in [-0.25, -0.2) is 4.98 Å². The average Bonchev–Trinajstić information content (AvgIpc) is 2.45. The van der Waals surface area contributed by atoms with Gasteiger partial charge in [-0.15, -0.1) is 11.6 Å². The number of hydrogen-bond acceptors (Lipinski definition) is 4. The molecular formula is C15H25ClN4. The Balaban J connectivity index is 1.91. The maximum Gasteiger partial charge on any atom is 0.129 e. The number of halogens is 1. The highest BCUT2D eigenvalue weighted by atomic mass is 35.5. The van der Waals surface area contributed by atoms with Crippen LogP contribution in [0.2, 0.25) is 0 Å². The van der Waals surface area contributed by atoms with Crippen LogP contribution in [-0.2, 0) is 5.88 Å². The summed E-state index contributed by atoms with van der Waals surface area (Å²) in [6, 6.07) is 4.18. The summed E-state index contributed by atoms with van der Waals surface area (Å²) >= 11 is 5.94. The van der Waals surface area contributed by atoms with Crippen molar-refractivity contribution in [1.29, 1.82) is 0 Å². The summed E-state index contributed by atoms with van der Waals surface area (Å²) in [6.07, 6.45) is 0. The first kappa shape index (κ1) is 15.5. The summed E-state index contributed by atoms with van der Waals surface area (Å²) in [5, 5.41) is 0. The molecule has 1 aromatic heterocycles. The second-order valence-corrected chi connectivity index (χ2v) is 6.01. The lowest BCUT2D eigenvalue weighted by Gasteiger charge is -2.36. The molecule has 0 aromatic carbocycles. The number of nitrogens with zero attached hydrogens (tertiary/aromatic N) is 4. The van der Waals surface area contributed by atoms with Gasteiger partial charge in [0, 0.05) is 50.8 Å². The quantitative estimate of drug-likeness (QED) is 0.773. The molecule has 0 unspecified atom stereocenters. The Morgan fingerprint density at radius 3 is 2.50 bits per heavy atom. The van der Waals surface area contributed by atoms with Crippen LogP contribution in [0.4, 0.5) is 5.82 Å². The molecule has 0 saturated carbocycles. The number of rotatable bonds is 5. The molecule has 0 aliphatic carbocycles. The Labute approximate surface area is 127 Å². The first-order valence-corrected chi connectivity index (χ1v) is 7.77. The lowest BCUT2D eigenvalue weighted by atomic mass is 10.2. The molecule has 1 aliphatic rings. The molecule has 2 heterocycles. The van der Waals surface area contributed by atoms with E-state index in [1.807, 2.05) is 6.92 Å². The van der Waals surface area contributed by atoms with Gasteiger partial charge in [-0.2, -0.15) is 0 Å². The van der Waals surface area contributed by atoms with Gasteiger partial charge in [-0.05, 0) is 38.7 Å². The third kappa shape index (κ3) is 4.33. The summed E-state index contributed by atoms with van der Waals surface area (Å²) in [7, 11) is 4.25. The van der Waals surface area contributed by atoms with E-state index < -0.39 is 0 Å². The maximum absolute atomic E-state index is 5.94. The van der Waals surface area contributed by atoms with Crippen LogP contribution < -0.4 is 4.90 Å². The van der Waals surface area contributed by atoms with E-state index in [0.29, 0.717) is 5.88 Å². The first-order chi connectivity index (χ1) is 9.58. The molecule has 1 aliphatic heterocycles. The predicted molar refractivity (Wildman–Crippen MR) is 85.7 cm³/mol. The number of aromatic nitrogens is 1. The van der Waals surface area contributed by atoms with Crippen LogP contribution in [0.5, 0.6) is 0 Å². The molecule has 1 fully saturated rings. The molecule has 0 amide bonds. The van der Waals surface area contributed by atoms with Crippen molar-refractivity contribution >= 4 is 17.4 Å². The molecule has 2 rings (SSSR count). The van der Waals surface area contributed by atoms with Crippen molar-refractivity contribution in [3.8, 4) is 0 Å². The third-order valence-electron chi connectivity index (χ3n) is 3.71. The van der Waals surface area contributed by atoms with Crippen molar-refractivity contribution in [2.75, 3.05) is 58.3 Å². The van der Waals surface area contributed by atoms with Gasteiger partial charge in [0.25, 0.3) is 0 Å². The zero-order valence-electron chi connectivity index (χ0n) is 12.8. The summed E-state index contributed by atoms with van der Waals surface area (Å²) in [5.74, 6) is 1.63. The standard InChI is InChI=1S/C15H25ClN4/c1-13-10-14(12-16)11-15(17-13)20-8-6-19(7-9-20)5-4-18(2)3/h10-11H,4-9,12H2,1-3H3. The van der Waals surface area contributed by atoms with E-state index in [2.05, 4.69) is 45.9 Å². The highest BCUT2D eigenvalue weighted by Gasteiger charge is 2.18. The highest BCUT2D eigenvalue weighted by molar-refractivity contribution is 6.17. The lowest BCUT2D eigenvalue weighted by Crippen LogP contribution is -2.48. The van der Waals surface area contributed by atoms with Crippen molar-refractivity contribution in [1.82, 2.24) is 14.8 Å². The number of likely N-dealkylation sites (N-methyl/N-ethyl adjacent to an activating group) is 1. The summed E-state index contributed by atoms with van der Waals surface area (Å²) in [4.78, 5) is 11.8. The summed E-state index contributed by atoms with van der Waals surface area (Å²) in [6.45, 7) is 8.62. The second kappa shape index (κ2) is 7.25. The Hall–Kier alpha value is -0.840. The van der Waals surface area contributed by atoms with E-state index >= 15 is 0 Å². The van der Waals surface area contributed by atoms with Crippen molar-refractivity contribution in [3.63, 3.8) is 0 Å². The number of anilines is 1. The fraction of sp³-hybridized carbons (Fsp3) is 0.667. The minimum atomic E-state index is 0.555. The zero-order valence-corrected chi connectivity index (χ0v) is 13.5. The van der Waals surface area contributed by atoms with Gasteiger partial charge in [-0.3, -0.25) is 4.90 Å². The minimum absolute atomic E-state index is 0.555.